The van der Waals surface area contributed by atoms with Crippen LogP contribution in [0.5, 0.6) is 0 Å². The first-order valence-corrected chi connectivity index (χ1v) is 11.1. The number of nitrogens with one attached hydrogen (secondary N) is 1. The minimum Gasteiger partial charge on any atom is -0.382 e. The third-order valence-electron chi connectivity index (χ3n) is 6.53. The minimum atomic E-state index is -0.249. The fourth-order valence-corrected chi connectivity index (χ4v) is 4.98. The van der Waals surface area contributed by atoms with Crippen molar-refractivity contribution < 1.29 is 4.39 Å². The van der Waals surface area contributed by atoms with Crippen LogP contribution in [0.4, 0.5) is 10.2 Å². The normalized spacial score (nSPS) is 15.0. The largest absolute Gasteiger partial charge is 0.382 e. The van der Waals surface area contributed by atoms with Crippen LogP contribution in [0.25, 0.3) is 38.9 Å². The number of halogens is 1. The summed E-state index contributed by atoms with van der Waals surface area (Å²) in [4.78, 5) is 12.7. The van der Waals surface area contributed by atoms with Gasteiger partial charge < -0.3 is 10.7 Å². The molecule has 0 spiro atoms. The van der Waals surface area contributed by atoms with Gasteiger partial charge in [0.15, 0.2) is 5.82 Å². The molecule has 7 heteroatoms. The molecule has 0 radical (unpaired) electrons. The summed E-state index contributed by atoms with van der Waals surface area (Å²) in [5, 5.41) is 5.48. The summed E-state index contributed by atoms with van der Waals surface area (Å²) < 4.78 is 16.4. The Morgan fingerprint density at radius 1 is 1.00 bits per heavy atom. The molecule has 0 saturated heterocycles. The Hall–Kier alpha value is -3.74. The molecule has 32 heavy (non-hydrogen) atoms. The summed E-state index contributed by atoms with van der Waals surface area (Å²) >= 11 is 0. The lowest BCUT2D eigenvalue weighted by molar-refractivity contribution is 0.424. The molecule has 3 aromatic heterocycles. The van der Waals surface area contributed by atoms with Crippen molar-refractivity contribution in [3.63, 3.8) is 0 Å². The highest BCUT2D eigenvalue weighted by Gasteiger charge is 2.25. The maximum Gasteiger partial charge on any atom is 0.153 e. The van der Waals surface area contributed by atoms with Gasteiger partial charge in [0.05, 0.1) is 11.2 Å². The van der Waals surface area contributed by atoms with Crippen LogP contribution in [0.3, 0.4) is 0 Å². The zero-order valence-corrected chi connectivity index (χ0v) is 17.6. The number of hydrogen-bond acceptors (Lipinski definition) is 4. The average Bonchev–Trinajstić information content (AvgIpc) is 3.42. The number of aromatic amines is 1. The Morgan fingerprint density at radius 2 is 1.81 bits per heavy atom. The van der Waals surface area contributed by atoms with Crippen molar-refractivity contribution in [3.05, 3.63) is 66.5 Å². The zero-order valence-electron chi connectivity index (χ0n) is 17.6. The number of H-pyrrole nitrogens is 1. The number of benzene rings is 2. The lowest BCUT2D eigenvalue weighted by Gasteiger charge is -2.19. The number of hydrogen-bond donors (Lipinski definition) is 2. The molecule has 0 atom stereocenters. The van der Waals surface area contributed by atoms with Gasteiger partial charge >= 0.3 is 0 Å². The molecule has 0 bridgehead atoms. The summed E-state index contributed by atoms with van der Waals surface area (Å²) in [5.41, 5.74) is 10.8. The van der Waals surface area contributed by atoms with Crippen molar-refractivity contribution in [3.8, 4) is 22.5 Å². The fourth-order valence-electron chi connectivity index (χ4n) is 4.98. The van der Waals surface area contributed by atoms with Gasteiger partial charge in [-0.1, -0.05) is 55.7 Å². The summed E-state index contributed by atoms with van der Waals surface area (Å²) in [5.74, 6) is 1.45. The maximum atomic E-state index is 14.5. The molecule has 1 fully saturated rings. The van der Waals surface area contributed by atoms with Crippen molar-refractivity contribution in [2.45, 2.75) is 38.0 Å². The molecule has 6 nitrogen and oxygen atoms in total. The van der Waals surface area contributed by atoms with Gasteiger partial charge in [0.1, 0.15) is 29.2 Å². The molecule has 160 valence electrons. The highest BCUT2D eigenvalue weighted by atomic mass is 19.1. The second-order valence-corrected chi connectivity index (χ2v) is 8.49. The Balaban J connectivity index is 1.56. The average molecular weight is 426 g/mol. The van der Waals surface area contributed by atoms with Crippen molar-refractivity contribution in [1.82, 2.24) is 24.6 Å². The Bertz CT molecular complexity index is 1440. The van der Waals surface area contributed by atoms with E-state index >= 15 is 0 Å². The number of nitrogens with zero attached hydrogens (tertiary/aromatic N) is 4. The van der Waals surface area contributed by atoms with E-state index in [0.29, 0.717) is 22.8 Å². The lowest BCUT2D eigenvalue weighted by Crippen LogP contribution is -2.10. The van der Waals surface area contributed by atoms with Crippen molar-refractivity contribution >= 4 is 22.2 Å². The Labute approximate surface area is 184 Å². The van der Waals surface area contributed by atoms with E-state index in [4.69, 9.17) is 10.7 Å². The molecule has 1 aliphatic carbocycles. The fraction of sp³-hybridized carbons (Fsp3) is 0.240. The van der Waals surface area contributed by atoms with E-state index in [0.717, 1.165) is 46.5 Å². The summed E-state index contributed by atoms with van der Waals surface area (Å²) in [6.07, 6.45) is 7.37. The summed E-state index contributed by atoms with van der Waals surface area (Å²) in [6, 6.07) is 14.7. The van der Waals surface area contributed by atoms with Gasteiger partial charge in [0.2, 0.25) is 0 Å². The molecule has 5 aromatic rings. The van der Waals surface area contributed by atoms with E-state index < -0.39 is 0 Å². The van der Waals surface area contributed by atoms with Crippen LogP contribution in [0.15, 0.2) is 54.9 Å². The first-order chi connectivity index (χ1) is 15.7. The van der Waals surface area contributed by atoms with Crippen LogP contribution in [0, 0.1) is 5.82 Å². The lowest BCUT2D eigenvalue weighted by atomic mass is 9.89. The summed E-state index contributed by atoms with van der Waals surface area (Å²) in [7, 11) is 0. The van der Waals surface area contributed by atoms with Crippen LogP contribution in [0.1, 0.15) is 43.8 Å². The van der Waals surface area contributed by atoms with Gasteiger partial charge in [-0.3, -0.25) is 0 Å². The SMILES string of the molecule is Nc1ncnn2c(C3CCCCC3)nc(-c3cc4cccc(-c5ccccc5F)c4[nH]3)c12. The molecular formula is C25H23FN6. The number of anilines is 1. The van der Waals surface area contributed by atoms with Gasteiger partial charge in [-0.05, 0) is 25.0 Å². The topological polar surface area (TPSA) is 84.9 Å². The molecule has 1 saturated carbocycles. The van der Waals surface area contributed by atoms with Crippen LogP contribution in [-0.2, 0) is 0 Å². The molecular weight excluding hydrogens is 403 g/mol. The number of aromatic nitrogens is 5. The minimum absolute atomic E-state index is 0.249. The standard InChI is InChI=1S/C25H23FN6/c26-19-12-5-4-10-17(19)18-11-6-9-16-13-20(30-21(16)18)22-23-24(27)28-14-29-32(23)25(31-22)15-7-2-1-3-8-15/h4-6,9-15,30H,1-3,7-8H2,(H2,27,28,29). The van der Waals surface area contributed by atoms with Gasteiger partial charge in [-0.2, -0.15) is 5.10 Å². The predicted molar refractivity (Wildman–Crippen MR) is 124 cm³/mol. The molecule has 0 unspecified atom stereocenters. The summed E-state index contributed by atoms with van der Waals surface area (Å²) in [6.45, 7) is 0. The first-order valence-electron chi connectivity index (χ1n) is 11.1. The van der Waals surface area contributed by atoms with Crippen LogP contribution >= 0.6 is 0 Å². The number of fused-ring (bicyclic) bond motifs is 2. The number of nitrogens with two attached hydrogens (primary N) is 1. The third-order valence-corrected chi connectivity index (χ3v) is 6.53. The molecule has 2 aromatic carbocycles. The van der Waals surface area contributed by atoms with Gasteiger partial charge in [0, 0.05) is 22.4 Å². The predicted octanol–water partition coefficient (Wildman–Crippen LogP) is 5.71. The molecule has 3 N–H and O–H groups in total. The quantitative estimate of drug-likeness (QED) is 0.387. The third kappa shape index (κ3) is 2.96. The smallest absolute Gasteiger partial charge is 0.153 e. The Kier molecular flexibility index (Phi) is 4.41. The highest BCUT2D eigenvalue weighted by Crippen LogP contribution is 2.38. The maximum absolute atomic E-state index is 14.5. The van der Waals surface area contributed by atoms with Crippen molar-refractivity contribution in [2.75, 3.05) is 5.73 Å². The second kappa shape index (κ2) is 7.44. The molecule has 6 rings (SSSR count). The van der Waals surface area contributed by atoms with E-state index in [9.17, 15) is 4.39 Å². The van der Waals surface area contributed by atoms with Gasteiger partial charge in [-0.25, -0.2) is 18.9 Å². The Morgan fingerprint density at radius 3 is 2.66 bits per heavy atom. The molecule has 0 amide bonds. The first kappa shape index (κ1) is 19.0. The number of rotatable bonds is 3. The second-order valence-electron chi connectivity index (χ2n) is 8.49. The van der Waals surface area contributed by atoms with E-state index in [1.54, 1.807) is 12.1 Å². The van der Waals surface area contributed by atoms with E-state index in [-0.39, 0.29) is 5.82 Å². The molecule has 1 aliphatic rings. The number of para-hydroxylation sites is 1. The van der Waals surface area contributed by atoms with Gasteiger partial charge in [0.25, 0.3) is 0 Å². The van der Waals surface area contributed by atoms with E-state index in [2.05, 4.69) is 15.1 Å². The van der Waals surface area contributed by atoms with E-state index in [1.165, 1.54) is 31.7 Å². The van der Waals surface area contributed by atoms with Crippen LogP contribution in [-0.4, -0.2) is 24.6 Å². The molecule has 0 aliphatic heterocycles. The van der Waals surface area contributed by atoms with Crippen LogP contribution in [0.2, 0.25) is 0 Å². The van der Waals surface area contributed by atoms with Gasteiger partial charge in [-0.15, -0.1) is 0 Å². The highest BCUT2D eigenvalue weighted by molar-refractivity contribution is 5.98. The molecule has 3 heterocycles. The zero-order chi connectivity index (χ0) is 21.7. The van der Waals surface area contributed by atoms with Crippen molar-refractivity contribution in [1.29, 1.82) is 0 Å². The monoisotopic (exact) mass is 426 g/mol. The van der Waals surface area contributed by atoms with Crippen molar-refractivity contribution in [2.24, 2.45) is 0 Å². The van der Waals surface area contributed by atoms with E-state index in [1.807, 2.05) is 34.8 Å². The number of nitrogen functional groups attached to an aromatic ring is 1. The number of imidazole rings is 1. The van der Waals surface area contributed by atoms with Crippen LogP contribution < -0.4 is 5.73 Å².